The molecule has 0 spiro atoms. The molecule has 0 unspecified atom stereocenters. The second-order valence-electron chi connectivity index (χ2n) is 5.26. The van der Waals surface area contributed by atoms with E-state index in [-0.39, 0.29) is 11.4 Å². The molecule has 0 saturated carbocycles. The van der Waals surface area contributed by atoms with E-state index in [0.717, 1.165) is 23.4 Å². The van der Waals surface area contributed by atoms with E-state index in [2.05, 4.69) is 9.82 Å². The van der Waals surface area contributed by atoms with Crippen molar-refractivity contribution in [2.24, 2.45) is 0 Å². The molecular weight excluding hydrogens is 322 g/mol. The molecule has 0 aliphatic rings. The van der Waals surface area contributed by atoms with Crippen LogP contribution in [0.15, 0.2) is 23.2 Å². The summed E-state index contributed by atoms with van der Waals surface area (Å²) in [6.45, 7) is 8.42. The SMILES string of the molecule is CCn1ncc(CNS(=O)(=O)c2cc(C)c(Cl)cc2C)c1C. The van der Waals surface area contributed by atoms with Gasteiger partial charge in [-0.15, -0.1) is 0 Å². The molecule has 0 amide bonds. The third-order valence-corrected chi connectivity index (χ3v) is 5.65. The van der Waals surface area contributed by atoms with E-state index in [1.807, 2.05) is 18.5 Å². The molecule has 1 aromatic carbocycles. The third kappa shape index (κ3) is 3.34. The zero-order chi connectivity index (χ0) is 16.5. The Kier molecular flexibility index (Phi) is 4.94. The van der Waals surface area contributed by atoms with Crippen LogP contribution in [0.25, 0.3) is 0 Å². The summed E-state index contributed by atoms with van der Waals surface area (Å²) in [5, 5.41) is 4.78. The van der Waals surface area contributed by atoms with E-state index in [1.165, 1.54) is 0 Å². The van der Waals surface area contributed by atoms with Gasteiger partial charge in [0.25, 0.3) is 0 Å². The number of halogens is 1. The Hall–Kier alpha value is -1.37. The van der Waals surface area contributed by atoms with Crippen LogP contribution in [0.3, 0.4) is 0 Å². The third-order valence-electron chi connectivity index (χ3n) is 3.70. The lowest BCUT2D eigenvalue weighted by Gasteiger charge is -2.11. The number of benzene rings is 1. The minimum absolute atomic E-state index is 0.218. The summed E-state index contributed by atoms with van der Waals surface area (Å²) in [6.07, 6.45) is 1.70. The van der Waals surface area contributed by atoms with Crippen LogP contribution in [0, 0.1) is 20.8 Å². The van der Waals surface area contributed by atoms with Crippen molar-refractivity contribution in [1.29, 1.82) is 0 Å². The van der Waals surface area contributed by atoms with Crippen molar-refractivity contribution in [2.45, 2.75) is 45.7 Å². The topological polar surface area (TPSA) is 64.0 Å². The second-order valence-corrected chi connectivity index (χ2v) is 7.40. The van der Waals surface area contributed by atoms with Gasteiger partial charge in [0.05, 0.1) is 11.1 Å². The molecule has 7 heteroatoms. The van der Waals surface area contributed by atoms with E-state index in [1.54, 1.807) is 32.2 Å². The summed E-state index contributed by atoms with van der Waals surface area (Å²) >= 11 is 6.02. The molecule has 2 aromatic rings. The molecule has 1 heterocycles. The average molecular weight is 342 g/mol. The number of hydrogen-bond acceptors (Lipinski definition) is 3. The van der Waals surface area contributed by atoms with Crippen LogP contribution in [-0.2, 0) is 23.1 Å². The Morgan fingerprint density at radius 3 is 2.50 bits per heavy atom. The van der Waals surface area contributed by atoms with Gasteiger partial charge in [0.15, 0.2) is 0 Å². The van der Waals surface area contributed by atoms with Gasteiger partial charge in [-0.25, -0.2) is 13.1 Å². The first-order chi connectivity index (χ1) is 10.3. The first kappa shape index (κ1) is 17.0. The number of hydrogen-bond donors (Lipinski definition) is 1. The molecule has 0 saturated heterocycles. The molecule has 0 aliphatic carbocycles. The van der Waals surface area contributed by atoms with E-state index < -0.39 is 10.0 Å². The summed E-state index contributed by atoms with van der Waals surface area (Å²) < 4.78 is 29.5. The maximum atomic E-state index is 12.5. The van der Waals surface area contributed by atoms with Gasteiger partial charge in [-0.05, 0) is 51.0 Å². The molecule has 0 bridgehead atoms. The Labute approximate surface area is 136 Å². The number of rotatable bonds is 5. The van der Waals surface area contributed by atoms with Gasteiger partial charge in [-0.1, -0.05) is 11.6 Å². The van der Waals surface area contributed by atoms with Gasteiger partial charge in [0.2, 0.25) is 10.0 Å². The lowest BCUT2D eigenvalue weighted by Crippen LogP contribution is -2.24. The zero-order valence-electron chi connectivity index (χ0n) is 13.1. The average Bonchev–Trinajstić information content (AvgIpc) is 2.81. The summed E-state index contributed by atoms with van der Waals surface area (Å²) in [5.41, 5.74) is 3.20. The molecule has 1 aromatic heterocycles. The van der Waals surface area contributed by atoms with Crippen molar-refractivity contribution in [2.75, 3.05) is 0 Å². The van der Waals surface area contributed by atoms with E-state index in [0.29, 0.717) is 10.6 Å². The van der Waals surface area contributed by atoms with Crippen LogP contribution in [0.1, 0.15) is 29.3 Å². The highest BCUT2D eigenvalue weighted by molar-refractivity contribution is 7.89. The fourth-order valence-electron chi connectivity index (χ4n) is 2.27. The molecule has 5 nitrogen and oxygen atoms in total. The van der Waals surface area contributed by atoms with Gasteiger partial charge in [0, 0.05) is 29.4 Å². The first-order valence-corrected chi connectivity index (χ1v) is 8.90. The molecule has 0 atom stereocenters. The van der Waals surface area contributed by atoms with E-state index in [9.17, 15) is 8.42 Å². The summed E-state index contributed by atoms with van der Waals surface area (Å²) in [4.78, 5) is 0.259. The molecule has 0 aliphatic heterocycles. The van der Waals surface area contributed by atoms with Crippen molar-refractivity contribution >= 4 is 21.6 Å². The monoisotopic (exact) mass is 341 g/mol. The fraction of sp³-hybridized carbons (Fsp3) is 0.400. The van der Waals surface area contributed by atoms with Gasteiger partial charge in [0.1, 0.15) is 0 Å². The van der Waals surface area contributed by atoms with Crippen LogP contribution in [0.4, 0.5) is 0 Å². The Bertz CT molecular complexity index is 797. The smallest absolute Gasteiger partial charge is 0.241 e. The predicted octanol–water partition coefficient (Wildman–Crippen LogP) is 2.96. The van der Waals surface area contributed by atoms with Crippen LogP contribution < -0.4 is 4.72 Å². The first-order valence-electron chi connectivity index (χ1n) is 7.04. The number of nitrogens with one attached hydrogen (secondary N) is 1. The Balaban J connectivity index is 2.25. The van der Waals surface area contributed by atoms with Gasteiger partial charge >= 0.3 is 0 Å². The standard InChI is InChI=1S/C15H20ClN3O2S/c1-5-19-12(4)13(8-17-19)9-18-22(20,21)15-7-10(2)14(16)6-11(15)3/h6-8,18H,5,9H2,1-4H3. The van der Waals surface area contributed by atoms with Crippen LogP contribution in [-0.4, -0.2) is 18.2 Å². The number of sulfonamides is 1. The number of nitrogens with zero attached hydrogens (tertiary/aromatic N) is 2. The summed E-state index contributed by atoms with van der Waals surface area (Å²) in [7, 11) is -3.59. The van der Waals surface area contributed by atoms with Crippen molar-refractivity contribution in [1.82, 2.24) is 14.5 Å². The van der Waals surface area contributed by atoms with Gasteiger partial charge < -0.3 is 0 Å². The highest BCUT2D eigenvalue weighted by Crippen LogP contribution is 2.24. The minimum Gasteiger partial charge on any atom is -0.270 e. The highest BCUT2D eigenvalue weighted by atomic mass is 35.5. The lowest BCUT2D eigenvalue weighted by molar-refractivity contribution is 0.580. The van der Waals surface area contributed by atoms with Gasteiger partial charge in [-0.3, -0.25) is 4.68 Å². The quantitative estimate of drug-likeness (QED) is 0.909. The molecule has 1 N–H and O–H groups in total. The van der Waals surface area contributed by atoms with Gasteiger partial charge in [-0.2, -0.15) is 5.10 Å². The van der Waals surface area contributed by atoms with E-state index in [4.69, 9.17) is 11.6 Å². The second kappa shape index (κ2) is 6.40. The summed E-state index contributed by atoms with van der Waals surface area (Å²) in [6, 6.07) is 3.27. The number of aryl methyl sites for hydroxylation is 3. The van der Waals surface area contributed by atoms with Crippen LogP contribution in [0.5, 0.6) is 0 Å². The number of aromatic nitrogens is 2. The maximum Gasteiger partial charge on any atom is 0.241 e. The molecule has 0 fully saturated rings. The minimum atomic E-state index is -3.59. The maximum absolute atomic E-state index is 12.5. The molecule has 22 heavy (non-hydrogen) atoms. The fourth-order valence-corrected chi connectivity index (χ4v) is 3.81. The van der Waals surface area contributed by atoms with Crippen molar-refractivity contribution in [3.8, 4) is 0 Å². The van der Waals surface area contributed by atoms with Crippen molar-refractivity contribution in [3.05, 3.63) is 45.7 Å². The summed E-state index contributed by atoms with van der Waals surface area (Å²) in [5.74, 6) is 0. The van der Waals surface area contributed by atoms with E-state index >= 15 is 0 Å². The molecular formula is C15H20ClN3O2S. The lowest BCUT2D eigenvalue weighted by atomic mass is 10.2. The Morgan fingerprint density at radius 2 is 1.91 bits per heavy atom. The van der Waals surface area contributed by atoms with Crippen LogP contribution >= 0.6 is 11.6 Å². The Morgan fingerprint density at radius 1 is 1.23 bits per heavy atom. The zero-order valence-corrected chi connectivity index (χ0v) is 14.7. The molecule has 2 rings (SSSR count). The highest BCUT2D eigenvalue weighted by Gasteiger charge is 2.19. The largest absolute Gasteiger partial charge is 0.270 e. The molecule has 0 radical (unpaired) electrons. The van der Waals surface area contributed by atoms with Crippen molar-refractivity contribution in [3.63, 3.8) is 0 Å². The van der Waals surface area contributed by atoms with Crippen LogP contribution in [0.2, 0.25) is 5.02 Å². The predicted molar refractivity (Wildman–Crippen MR) is 87.6 cm³/mol. The molecule has 120 valence electrons. The normalized spacial score (nSPS) is 11.9. The van der Waals surface area contributed by atoms with Crippen molar-refractivity contribution < 1.29 is 8.42 Å².